The maximum absolute atomic E-state index is 13.9. The number of para-hydroxylation sites is 2. The Balaban J connectivity index is 1.62. The van der Waals surface area contributed by atoms with Crippen molar-refractivity contribution in [2.45, 2.75) is 44.6 Å². The monoisotopic (exact) mass is 412 g/mol. The van der Waals surface area contributed by atoms with Crippen molar-refractivity contribution in [1.29, 1.82) is 0 Å². The van der Waals surface area contributed by atoms with E-state index in [1.807, 2.05) is 29.2 Å². The van der Waals surface area contributed by atoms with Crippen LogP contribution in [0.25, 0.3) is 11.0 Å². The minimum absolute atomic E-state index is 0.0250. The van der Waals surface area contributed by atoms with Crippen LogP contribution < -0.4 is 5.32 Å². The number of likely N-dealkylation sites (tertiary alicyclic amines) is 1. The molecule has 4 rings (SSSR count). The van der Waals surface area contributed by atoms with Gasteiger partial charge in [-0.15, -0.1) is 0 Å². The van der Waals surface area contributed by atoms with Gasteiger partial charge in [-0.3, -0.25) is 4.79 Å². The van der Waals surface area contributed by atoms with E-state index < -0.39 is 12.0 Å². The van der Waals surface area contributed by atoms with Crippen LogP contribution in [0, 0.1) is 0 Å². The van der Waals surface area contributed by atoms with Crippen LogP contribution in [-0.2, 0) is 10.7 Å². The Morgan fingerprint density at radius 1 is 1.17 bits per heavy atom. The Bertz CT molecular complexity index is 988. The average molecular weight is 412 g/mol. The molecule has 0 aliphatic carbocycles. The van der Waals surface area contributed by atoms with Crippen molar-refractivity contribution in [3.63, 3.8) is 0 Å². The number of benzene rings is 2. The molecule has 2 N–H and O–H groups in total. The zero-order chi connectivity index (χ0) is 21.1. The Kier molecular flexibility index (Phi) is 5.70. The number of H-pyrrole nitrogens is 1. The smallest absolute Gasteiger partial charge is 0.270 e. The fraction of sp³-hybridized carbons (Fsp3) is 0.391. The second-order valence-corrected chi connectivity index (χ2v) is 7.96. The molecule has 1 saturated heterocycles. The zero-order valence-electron chi connectivity index (χ0n) is 17.0. The summed E-state index contributed by atoms with van der Waals surface area (Å²) >= 11 is 0. The molecule has 0 radical (unpaired) electrons. The van der Waals surface area contributed by atoms with Crippen LogP contribution in [0.2, 0.25) is 0 Å². The highest BCUT2D eigenvalue weighted by Crippen LogP contribution is 2.31. The molecule has 0 spiro atoms. The third-order valence-electron chi connectivity index (χ3n) is 5.58. The number of hydrogen-bond donors (Lipinski definition) is 2. The van der Waals surface area contributed by atoms with Crippen molar-refractivity contribution in [3.05, 3.63) is 59.7 Å². The van der Waals surface area contributed by atoms with Gasteiger partial charge in [0.05, 0.1) is 23.5 Å². The van der Waals surface area contributed by atoms with Crippen molar-refractivity contribution in [1.82, 2.24) is 14.9 Å². The third kappa shape index (κ3) is 4.61. The minimum atomic E-state index is -2.95. The number of aromatic nitrogens is 2. The van der Waals surface area contributed by atoms with Crippen LogP contribution in [0.4, 0.5) is 14.7 Å². The van der Waals surface area contributed by atoms with Gasteiger partial charge < -0.3 is 15.2 Å². The van der Waals surface area contributed by atoms with Gasteiger partial charge in [-0.05, 0) is 43.0 Å². The lowest BCUT2D eigenvalue weighted by Gasteiger charge is -2.29. The van der Waals surface area contributed by atoms with Gasteiger partial charge in [0.15, 0.2) is 0 Å². The first-order valence-corrected chi connectivity index (χ1v) is 10.4. The first kappa shape index (κ1) is 20.3. The molecule has 1 aliphatic heterocycles. The lowest BCUT2D eigenvalue weighted by atomic mass is 9.98. The second-order valence-electron chi connectivity index (χ2n) is 7.96. The molecule has 1 amide bonds. The number of aromatic amines is 1. The first-order valence-electron chi connectivity index (χ1n) is 10.4. The van der Waals surface area contributed by atoms with E-state index in [-0.39, 0.29) is 17.9 Å². The van der Waals surface area contributed by atoms with E-state index in [0.717, 1.165) is 50.3 Å². The molecular weight excluding hydrogens is 386 g/mol. The maximum Gasteiger partial charge on any atom is 0.270 e. The Morgan fingerprint density at radius 2 is 1.93 bits per heavy atom. The molecule has 7 heteroatoms. The van der Waals surface area contributed by atoms with Crippen LogP contribution in [0.5, 0.6) is 0 Å². The molecule has 158 valence electrons. The van der Waals surface area contributed by atoms with Gasteiger partial charge in [-0.1, -0.05) is 30.3 Å². The first-order chi connectivity index (χ1) is 14.4. The largest absolute Gasteiger partial charge is 0.348 e. The predicted molar refractivity (Wildman–Crippen MR) is 114 cm³/mol. The van der Waals surface area contributed by atoms with Gasteiger partial charge in [0.2, 0.25) is 11.9 Å². The van der Waals surface area contributed by atoms with E-state index in [1.165, 1.54) is 12.1 Å². The number of carbonyl (C=O) groups excluding carboxylic acids is 1. The van der Waals surface area contributed by atoms with Crippen LogP contribution in [0.15, 0.2) is 48.5 Å². The van der Waals surface area contributed by atoms with Gasteiger partial charge >= 0.3 is 0 Å². The Morgan fingerprint density at radius 3 is 2.67 bits per heavy atom. The fourth-order valence-corrected chi connectivity index (χ4v) is 3.91. The number of hydrogen-bond acceptors (Lipinski definition) is 3. The lowest BCUT2D eigenvalue weighted by Crippen LogP contribution is -2.37. The number of piperidine rings is 1. The summed E-state index contributed by atoms with van der Waals surface area (Å²) in [5.41, 5.74) is 2.24. The topological polar surface area (TPSA) is 61.0 Å². The third-order valence-corrected chi connectivity index (χ3v) is 5.58. The molecule has 0 saturated carbocycles. The molecule has 3 aromatic rings. The number of carbonyl (C=O) groups is 1. The maximum atomic E-state index is 13.9. The molecule has 1 aromatic heterocycles. The van der Waals surface area contributed by atoms with E-state index in [0.29, 0.717) is 11.5 Å². The van der Waals surface area contributed by atoms with Crippen molar-refractivity contribution in [3.8, 4) is 0 Å². The van der Waals surface area contributed by atoms with Crippen molar-refractivity contribution in [2.24, 2.45) is 0 Å². The number of imidazole rings is 1. The zero-order valence-corrected chi connectivity index (χ0v) is 17.0. The van der Waals surface area contributed by atoms with E-state index in [9.17, 15) is 13.6 Å². The molecule has 30 heavy (non-hydrogen) atoms. The average Bonchev–Trinajstić information content (AvgIpc) is 3.16. The normalized spacial score (nSPS) is 15.9. The van der Waals surface area contributed by atoms with E-state index >= 15 is 0 Å². The predicted octanol–water partition coefficient (Wildman–Crippen LogP) is 5.23. The number of fused-ring (bicyclic) bond motifs is 1. The number of anilines is 1. The van der Waals surface area contributed by atoms with Gasteiger partial charge in [0.25, 0.3) is 5.92 Å². The summed E-state index contributed by atoms with van der Waals surface area (Å²) in [4.78, 5) is 22.5. The van der Waals surface area contributed by atoms with Crippen LogP contribution in [-0.4, -0.2) is 33.9 Å². The molecular formula is C23H26F2N4O. The molecule has 1 unspecified atom stereocenters. The number of amides is 1. The Hall–Kier alpha value is -2.96. The summed E-state index contributed by atoms with van der Waals surface area (Å²) in [5, 5.41) is 3.27. The van der Waals surface area contributed by atoms with E-state index in [1.54, 1.807) is 12.1 Å². The molecule has 5 nitrogen and oxygen atoms in total. The van der Waals surface area contributed by atoms with E-state index in [2.05, 4.69) is 15.3 Å². The lowest BCUT2D eigenvalue weighted by molar-refractivity contribution is -0.132. The van der Waals surface area contributed by atoms with Gasteiger partial charge in [0.1, 0.15) is 0 Å². The quantitative estimate of drug-likeness (QED) is 0.583. The highest BCUT2D eigenvalue weighted by Gasteiger charge is 2.27. The number of rotatable bonds is 6. The standard InChI is InChI=1S/C23H26F2N4O/c1-23(24,25)17-9-7-8-16(14-17)20(15-21(30)29-12-5-2-6-13-29)28-22-26-18-10-3-4-11-19(18)27-22/h3-4,7-11,14,20H,2,5-6,12-13,15H2,1H3,(H2,26,27,28). The summed E-state index contributed by atoms with van der Waals surface area (Å²) in [7, 11) is 0. The number of alkyl halides is 2. The summed E-state index contributed by atoms with van der Waals surface area (Å²) < 4.78 is 27.8. The van der Waals surface area contributed by atoms with Crippen molar-refractivity contribution in [2.75, 3.05) is 18.4 Å². The van der Waals surface area contributed by atoms with Crippen LogP contribution >= 0.6 is 0 Å². The summed E-state index contributed by atoms with van der Waals surface area (Å²) in [6, 6.07) is 13.4. The number of halogens is 2. The molecule has 1 aliphatic rings. The summed E-state index contributed by atoms with van der Waals surface area (Å²) in [6.45, 7) is 2.39. The number of nitrogens with one attached hydrogen (secondary N) is 2. The van der Waals surface area contributed by atoms with Gasteiger partial charge in [0, 0.05) is 25.6 Å². The molecule has 2 heterocycles. The van der Waals surface area contributed by atoms with E-state index in [4.69, 9.17) is 0 Å². The van der Waals surface area contributed by atoms with Gasteiger partial charge in [-0.25, -0.2) is 13.8 Å². The molecule has 1 atom stereocenters. The van der Waals surface area contributed by atoms with Crippen molar-refractivity contribution < 1.29 is 13.6 Å². The molecule has 2 aromatic carbocycles. The minimum Gasteiger partial charge on any atom is -0.348 e. The molecule has 1 fully saturated rings. The van der Waals surface area contributed by atoms with Crippen molar-refractivity contribution >= 4 is 22.9 Å². The summed E-state index contributed by atoms with van der Waals surface area (Å²) in [6.07, 6.45) is 3.32. The summed E-state index contributed by atoms with van der Waals surface area (Å²) in [5.74, 6) is -2.41. The Labute approximate surface area is 174 Å². The highest BCUT2D eigenvalue weighted by atomic mass is 19.3. The van der Waals surface area contributed by atoms with Crippen LogP contribution in [0.1, 0.15) is 49.8 Å². The highest BCUT2D eigenvalue weighted by molar-refractivity contribution is 5.79. The fourth-order valence-electron chi connectivity index (χ4n) is 3.91. The molecule has 0 bridgehead atoms. The van der Waals surface area contributed by atoms with Gasteiger partial charge in [-0.2, -0.15) is 0 Å². The number of nitrogens with zero attached hydrogens (tertiary/aromatic N) is 2. The second kappa shape index (κ2) is 8.42. The van der Waals surface area contributed by atoms with Crippen LogP contribution in [0.3, 0.4) is 0 Å². The SMILES string of the molecule is CC(F)(F)c1cccc(C(CC(=O)N2CCCCC2)Nc2nc3ccccc3[nH]2)c1.